The Balaban J connectivity index is 1.54. The van der Waals surface area contributed by atoms with E-state index in [1.54, 1.807) is 30.3 Å². The lowest BCUT2D eigenvalue weighted by Crippen LogP contribution is -2.33. The summed E-state index contributed by atoms with van der Waals surface area (Å²) in [6, 6.07) is 11.2. The molecule has 3 aromatic rings. The van der Waals surface area contributed by atoms with Crippen LogP contribution < -0.4 is 5.32 Å². The van der Waals surface area contributed by atoms with Crippen LogP contribution in [0.25, 0.3) is 5.69 Å². The van der Waals surface area contributed by atoms with Crippen LogP contribution in [0.5, 0.6) is 0 Å². The van der Waals surface area contributed by atoms with Gasteiger partial charge in [0.1, 0.15) is 5.82 Å². The first-order valence-corrected chi connectivity index (χ1v) is 12.5. The van der Waals surface area contributed by atoms with Gasteiger partial charge in [-0.25, -0.2) is 4.39 Å². The maximum absolute atomic E-state index is 13.6. The number of carbonyl (C=O) groups excluding carboxylic acids is 1. The summed E-state index contributed by atoms with van der Waals surface area (Å²) in [6.07, 6.45) is 3.56. The van der Waals surface area contributed by atoms with Crippen LogP contribution in [0.1, 0.15) is 38.1 Å². The minimum atomic E-state index is -0.312. The molecule has 174 valence electrons. The van der Waals surface area contributed by atoms with Gasteiger partial charge in [0.25, 0.3) is 0 Å². The van der Waals surface area contributed by atoms with Crippen LogP contribution in [0.4, 0.5) is 10.1 Å². The number of piperidine rings is 1. The van der Waals surface area contributed by atoms with Gasteiger partial charge in [-0.2, -0.15) is 0 Å². The highest BCUT2D eigenvalue weighted by Crippen LogP contribution is 2.30. The fourth-order valence-electron chi connectivity index (χ4n) is 3.85. The number of halogens is 3. The highest BCUT2D eigenvalue weighted by atomic mass is 35.5. The maximum atomic E-state index is 13.6. The molecular weight excluding hydrogens is 484 g/mol. The second-order valence-corrected chi connectivity index (χ2v) is 9.65. The van der Waals surface area contributed by atoms with Crippen molar-refractivity contribution in [3.05, 3.63) is 64.2 Å². The number of carbonyl (C=O) groups is 1. The largest absolute Gasteiger partial charge is 0.325 e. The Hall–Kier alpha value is -2.13. The lowest BCUT2D eigenvalue weighted by Gasteiger charge is -2.31. The Labute approximate surface area is 206 Å². The van der Waals surface area contributed by atoms with Crippen molar-refractivity contribution in [1.82, 2.24) is 19.7 Å². The Morgan fingerprint density at radius 3 is 2.52 bits per heavy atom. The van der Waals surface area contributed by atoms with Crippen molar-refractivity contribution in [2.75, 3.05) is 24.2 Å². The van der Waals surface area contributed by atoms with E-state index in [1.807, 2.05) is 4.57 Å². The Morgan fingerprint density at radius 2 is 1.82 bits per heavy atom. The molecule has 0 aliphatic carbocycles. The topological polar surface area (TPSA) is 63.1 Å². The summed E-state index contributed by atoms with van der Waals surface area (Å²) in [5, 5.41) is 13.0. The monoisotopic (exact) mass is 507 g/mol. The average Bonchev–Trinajstić information content (AvgIpc) is 3.24. The predicted molar refractivity (Wildman–Crippen MR) is 131 cm³/mol. The van der Waals surface area contributed by atoms with E-state index in [1.165, 1.54) is 30.3 Å². The number of likely N-dealkylation sites (tertiary alicyclic amines) is 1. The van der Waals surface area contributed by atoms with Crippen molar-refractivity contribution in [2.45, 2.75) is 37.4 Å². The fraction of sp³-hybridized carbons (Fsp3) is 0.348. The highest BCUT2D eigenvalue weighted by Gasteiger charge is 2.26. The summed E-state index contributed by atoms with van der Waals surface area (Å²) in [7, 11) is 0. The summed E-state index contributed by atoms with van der Waals surface area (Å²) >= 11 is 13.2. The maximum Gasteiger partial charge on any atom is 0.234 e. The van der Waals surface area contributed by atoms with Crippen molar-refractivity contribution in [1.29, 1.82) is 0 Å². The lowest BCUT2D eigenvalue weighted by atomic mass is 10.1. The van der Waals surface area contributed by atoms with Gasteiger partial charge < -0.3 is 5.32 Å². The van der Waals surface area contributed by atoms with E-state index in [9.17, 15) is 9.18 Å². The minimum absolute atomic E-state index is 0.0437. The smallest absolute Gasteiger partial charge is 0.234 e. The van der Waals surface area contributed by atoms with Crippen LogP contribution in [0.15, 0.2) is 47.6 Å². The van der Waals surface area contributed by atoms with E-state index < -0.39 is 0 Å². The molecule has 1 aliphatic heterocycles. The van der Waals surface area contributed by atoms with Gasteiger partial charge in [0, 0.05) is 11.4 Å². The van der Waals surface area contributed by atoms with E-state index >= 15 is 0 Å². The van der Waals surface area contributed by atoms with Crippen LogP contribution in [0.2, 0.25) is 10.0 Å². The zero-order valence-corrected chi connectivity index (χ0v) is 20.4. The molecule has 1 atom stereocenters. The molecule has 10 heteroatoms. The zero-order valence-electron chi connectivity index (χ0n) is 18.1. The predicted octanol–water partition coefficient (Wildman–Crippen LogP) is 5.99. The number of rotatable bonds is 7. The van der Waals surface area contributed by atoms with Gasteiger partial charge in [-0.15, -0.1) is 10.2 Å². The summed E-state index contributed by atoms with van der Waals surface area (Å²) in [6.45, 7) is 4.12. The lowest BCUT2D eigenvalue weighted by molar-refractivity contribution is -0.113. The van der Waals surface area contributed by atoms with Crippen LogP contribution >= 0.6 is 35.0 Å². The molecule has 1 saturated heterocycles. The Morgan fingerprint density at radius 1 is 1.09 bits per heavy atom. The molecule has 0 radical (unpaired) electrons. The van der Waals surface area contributed by atoms with E-state index in [0.717, 1.165) is 37.4 Å². The van der Waals surface area contributed by atoms with E-state index in [2.05, 4.69) is 27.3 Å². The Kier molecular flexibility index (Phi) is 7.90. The first-order valence-electron chi connectivity index (χ1n) is 10.8. The van der Waals surface area contributed by atoms with Crippen LogP contribution in [-0.4, -0.2) is 44.4 Å². The summed E-state index contributed by atoms with van der Waals surface area (Å²) in [4.78, 5) is 14.9. The molecule has 0 bridgehead atoms. The SMILES string of the molecule is CC(c1nnc(SCC(=O)Nc2ccc(Cl)c(Cl)c2)n1-c1ccc(F)cc1)N1CCCCC1. The van der Waals surface area contributed by atoms with Crippen molar-refractivity contribution in [2.24, 2.45) is 0 Å². The molecule has 1 amide bonds. The third-order valence-electron chi connectivity index (χ3n) is 5.59. The highest BCUT2D eigenvalue weighted by molar-refractivity contribution is 7.99. The minimum Gasteiger partial charge on any atom is -0.325 e. The molecule has 6 nitrogen and oxygen atoms in total. The van der Waals surface area contributed by atoms with Crippen molar-refractivity contribution in [3.63, 3.8) is 0 Å². The molecular formula is C23H24Cl2FN5OS. The van der Waals surface area contributed by atoms with Gasteiger partial charge in [0.2, 0.25) is 5.91 Å². The first kappa shape index (κ1) is 24.0. The van der Waals surface area contributed by atoms with E-state index in [4.69, 9.17) is 23.2 Å². The number of anilines is 1. The van der Waals surface area contributed by atoms with Gasteiger partial charge in [0.05, 0.1) is 21.8 Å². The van der Waals surface area contributed by atoms with E-state index in [0.29, 0.717) is 20.9 Å². The number of nitrogens with one attached hydrogen (secondary N) is 1. The molecule has 1 aliphatic rings. The Bertz CT molecular complexity index is 1120. The second kappa shape index (κ2) is 10.9. The van der Waals surface area contributed by atoms with Crippen molar-refractivity contribution >= 4 is 46.6 Å². The number of nitrogens with zero attached hydrogens (tertiary/aromatic N) is 4. The molecule has 0 spiro atoms. The second-order valence-electron chi connectivity index (χ2n) is 7.89. The van der Waals surface area contributed by atoms with Crippen LogP contribution in [-0.2, 0) is 4.79 Å². The quantitative estimate of drug-likeness (QED) is 0.397. The molecule has 1 unspecified atom stereocenters. The summed E-state index contributed by atoms with van der Waals surface area (Å²) < 4.78 is 15.5. The van der Waals surface area contributed by atoms with Crippen molar-refractivity contribution in [3.8, 4) is 5.69 Å². The van der Waals surface area contributed by atoms with Gasteiger partial charge in [-0.1, -0.05) is 41.4 Å². The number of aromatic nitrogens is 3. The van der Waals surface area contributed by atoms with Crippen LogP contribution in [0.3, 0.4) is 0 Å². The number of hydrogen-bond donors (Lipinski definition) is 1. The average molecular weight is 508 g/mol. The molecule has 1 aromatic heterocycles. The van der Waals surface area contributed by atoms with E-state index in [-0.39, 0.29) is 23.5 Å². The van der Waals surface area contributed by atoms with Gasteiger partial charge in [-0.05, 0) is 75.3 Å². The molecule has 2 aromatic carbocycles. The normalized spacial score (nSPS) is 15.4. The van der Waals surface area contributed by atoms with Gasteiger partial charge >= 0.3 is 0 Å². The fourth-order valence-corrected chi connectivity index (χ4v) is 4.91. The molecule has 0 saturated carbocycles. The third-order valence-corrected chi connectivity index (χ3v) is 7.26. The number of hydrogen-bond acceptors (Lipinski definition) is 5. The third kappa shape index (κ3) is 5.87. The molecule has 2 heterocycles. The summed E-state index contributed by atoms with van der Waals surface area (Å²) in [5.74, 6) is 0.374. The van der Waals surface area contributed by atoms with Crippen molar-refractivity contribution < 1.29 is 9.18 Å². The summed E-state index contributed by atoms with van der Waals surface area (Å²) in [5.41, 5.74) is 1.32. The van der Waals surface area contributed by atoms with Crippen LogP contribution in [0, 0.1) is 5.82 Å². The number of amides is 1. The number of benzene rings is 2. The molecule has 4 rings (SSSR count). The zero-order chi connectivity index (χ0) is 23.4. The first-order chi connectivity index (χ1) is 15.9. The standard InChI is InChI=1S/C23H24Cl2FN5OS/c1-15(30-11-3-2-4-12-30)22-28-29-23(31(22)18-8-5-16(26)6-9-18)33-14-21(32)27-17-7-10-19(24)20(25)13-17/h5-10,13,15H,2-4,11-12,14H2,1H3,(H,27,32). The molecule has 33 heavy (non-hydrogen) atoms. The van der Waals surface area contributed by atoms with Gasteiger partial charge in [-0.3, -0.25) is 14.3 Å². The van der Waals surface area contributed by atoms with Gasteiger partial charge in [0.15, 0.2) is 11.0 Å². The number of thioether (sulfide) groups is 1. The molecule has 1 fully saturated rings. The molecule has 1 N–H and O–H groups in total.